The summed E-state index contributed by atoms with van der Waals surface area (Å²) >= 11 is 5.02. The minimum absolute atomic E-state index is 0.384. The first-order valence-corrected chi connectivity index (χ1v) is 12.3. The number of rotatable bonds is 6. The smallest absolute Gasteiger partial charge is 0.415 e. The third-order valence-electron chi connectivity index (χ3n) is 4.05. The zero-order valence-corrected chi connectivity index (χ0v) is 19.7. The summed E-state index contributed by atoms with van der Waals surface area (Å²) in [6, 6.07) is 4.00. The fourth-order valence-corrected chi connectivity index (χ4v) is 4.92. The summed E-state index contributed by atoms with van der Waals surface area (Å²) in [6.45, 7) is 8.10. The van der Waals surface area contributed by atoms with Gasteiger partial charge in [0.05, 0.1) is 23.1 Å². The topological polar surface area (TPSA) is 55.3 Å². The number of ether oxygens (including phenoxy) is 1. The van der Waals surface area contributed by atoms with Gasteiger partial charge in [-0.25, -0.2) is 4.79 Å². The van der Waals surface area contributed by atoms with Crippen LogP contribution in [-0.2, 0) is 11.3 Å². The second-order valence-electron chi connectivity index (χ2n) is 7.50. The third-order valence-corrected chi connectivity index (χ3v) is 6.71. The normalized spacial score (nSPS) is 12.0. The van der Waals surface area contributed by atoms with Crippen LogP contribution in [0.2, 0.25) is 0 Å². The fraction of sp³-hybridized carbons (Fsp3) is 0.381. The van der Waals surface area contributed by atoms with Gasteiger partial charge in [-0.05, 0) is 57.0 Å². The average Bonchev–Trinajstić information content (AvgIpc) is 3.27. The first kappa shape index (κ1) is 21.8. The van der Waals surface area contributed by atoms with Crippen LogP contribution in [0.4, 0.5) is 10.5 Å². The Labute approximate surface area is 183 Å². The molecule has 0 aromatic carbocycles. The molecule has 0 spiro atoms. The molecule has 0 fully saturated rings. The summed E-state index contributed by atoms with van der Waals surface area (Å²) in [7, 11) is 0. The van der Waals surface area contributed by atoms with Crippen LogP contribution in [-0.4, -0.2) is 33.9 Å². The summed E-state index contributed by atoms with van der Waals surface area (Å²) in [4.78, 5) is 17.0. The van der Waals surface area contributed by atoms with Gasteiger partial charge in [-0.2, -0.15) is 16.9 Å². The lowest BCUT2D eigenvalue weighted by atomic mass is 10.2. The average molecular weight is 448 g/mol. The summed E-state index contributed by atoms with van der Waals surface area (Å²) in [5.74, 6) is 0.953. The van der Waals surface area contributed by atoms with E-state index in [0.717, 1.165) is 37.0 Å². The molecule has 29 heavy (non-hydrogen) atoms. The number of anilines is 1. The Balaban J connectivity index is 2.06. The van der Waals surface area contributed by atoms with E-state index in [4.69, 9.17) is 4.74 Å². The lowest BCUT2D eigenvalue weighted by molar-refractivity contribution is 0.0578. The van der Waals surface area contributed by atoms with Crippen molar-refractivity contribution in [3.05, 3.63) is 45.1 Å². The molecule has 3 aromatic heterocycles. The second-order valence-corrected chi connectivity index (χ2v) is 10.5. The number of thiophene rings is 2. The summed E-state index contributed by atoms with van der Waals surface area (Å²) in [6.07, 6.45) is 7.62. The standard InChI is InChI=1S/C21H25N3O2S3/c1-14-17(9-7-10-27-5)29-19-16(12-22-23-18(14)19)24(13-15-8-6-11-28-15)20(25)26-21(2,3)4/h6-9,11-12H,10,13H2,1-5H3/b9-7-. The van der Waals surface area contributed by atoms with E-state index in [1.165, 1.54) is 0 Å². The molecule has 3 rings (SSSR count). The van der Waals surface area contributed by atoms with Crippen LogP contribution in [0.25, 0.3) is 16.3 Å². The van der Waals surface area contributed by atoms with E-state index in [2.05, 4.69) is 28.6 Å². The molecule has 0 unspecified atom stereocenters. The van der Waals surface area contributed by atoms with E-state index in [0.29, 0.717) is 6.54 Å². The zero-order chi connectivity index (χ0) is 21.0. The predicted molar refractivity (Wildman–Crippen MR) is 126 cm³/mol. The first-order chi connectivity index (χ1) is 13.8. The van der Waals surface area contributed by atoms with E-state index < -0.39 is 5.60 Å². The van der Waals surface area contributed by atoms with Crippen molar-refractivity contribution in [3.63, 3.8) is 0 Å². The Morgan fingerprint density at radius 1 is 1.38 bits per heavy atom. The number of nitrogens with zero attached hydrogens (tertiary/aromatic N) is 3. The molecule has 0 saturated carbocycles. The highest BCUT2D eigenvalue weighted by atomic mass is 32.2. The maximum atomic E-state index is 13.1. The van der Waals surface area contributed by atoms with E-state index in [1.807, 2.05) is 45.2 Å². The van der Waals surface area contributed by atoms with Crippen molar-refractivity contribution >= 4 is 62.5 Å². The number of aryl methyl sites for hydroxylation is 1. The highest BCUT2D eigenvalue weighted by Crippen LogP contribution is 2.37. The number of aromatic nitrogens is 2. The quantitative estimate of drug-likeness (QED) is 0.439. The number of thioether (sulfide) groups is 1. The zero-order valence-electron chi connectivity index (χ0n) is 17.3. The first-order valence-electron chi connectivity index (χ1n) is 9.23. The molecule has 1 amide bonds. The fourth-order valence-electron chi connectivity index (χ4n) is 2.74. The molecule has 3 heterocycles. The van der Waals surface area contributed by atoms with Gasteiger partial charge < -0.3 is 4.74 Å². The summed E-state index contributed by atoms with van der Waals surface area (Å²) in [5.41, 5.74) is 2.06. The van der Waals surface area contributed by atoms with Gasteiger partial charge in [0.2, 0.25) is 0 Å². The van der Waals surface area contributed by atoms with E-state index in [9.17, 15) is 4.79 Å². The minimum atomic E-state index is -0.582. The van der Waals surface area contributed by atoms with E-state index in [-0.39, 0.29) is 6.09 Å². The van der Waals surface area contributed by atoms with E-state index >= 15 is 0 Å². The van der Waals surface area contributed by atoms with Crippen molar-refractivity contribution in [2.45, 2.75) is 39.8 Å². The molecule has 0 saturated heterocycles. The Bertz CT molecular complexity index is 1000. The molecule has 0 radical (unpaired) electrons. The molecule has 0 aliphatic carbocycles. The molecule has 0 bridgehead atoms. The van der Waals surface area contributed by atoms with Crippen molar-refractivity contribution in [1.82, 2.24) is 10.2 Å². The van der Waals surface area contributed by atoms with Crippen LogP contribution < -0.4 is 4.90 Å². The maximum absolute atomic E-state index is 13.1. The van der Waals surface area contributed by atoms with Crippen molar-refractivity contribution in [3.8, 4) is 0 Å². The third kappa shape index (κ3) is 5.38. The number of amides is 1. The van der Waals surface area contributed by atoms with Crippen molar-refractivity contribution in [2.24, 2.45) is 0 Å². The van der Waals surface area contributed by atoms with Crippen LogP contribution in [0.5, 0.6) is 0 Å². The van der Waals surface area contributed by atoms with Gasteiger partial charge in [0, 0.05) is 15.5 Å². The Hall–Kier alpha value is -1.90. The molecular weight excluding hydrogens is 422 g/mol. The van der Waals surface area contributed by atoms with Crippen LogP contribution >= 0.6 is 34.4 Å². The van der Waals surface area contributed by atoms with Gasteiger partial charge in [-0.1, -0.05) is 12.1 Å². The maximum Gasteiger partial charge on any atom is 0.415 e. The Kier molecular flexibility index (Phi) is 6.97. The Morgan fingerprint density at radius 2 is 2.17 bits per heavy atom. The molecule has 0 N–H and O–H groups in total. The molecule has 8 heteroatoms. The van der Waals surface area contributed by atoms with Gasteiger partial charge in [0.1, 0.15) is 11.1 Å². The molecule has 0 aliphatic heterocycles. The predicted octanol–water partition coefficient (Wildman–Crippen LogP) is 6.38. The van der Waals surface area contributed by atoms with Gasteiger partial charge in [-0.15, -0.1) is 27.8 Å². The molecule has 154 valence electrons. The monoisotopic (exact) mass is 447 g/mol. The molecule has 5 nitrogen and oxygen atoms in total. The van der Waals surface area contributed by atoms with Crippen LogP contribution in [0.3, 0.4) is 0 Å². The lowest BCUT2D eigenvalue weighted by Gasteiger charge is -2.27. The molecule has 3 aromatic rings. The summed E-state index contributed by atoms with van der Waals surface area (Å²) in [5, 5.41) is 10.6. The van der Waals surface area contributed by atoms with Crippen molar-refractivity contribution in [1.29, 1.82) is 0 Å². The largest absolute Gasteiger partial charge is 0.443 e. The molecule has 0 aliphatic rings. The van der Waals surface area contributed by atoms with Crippen LogP contribution in [0, 0.1) is 6.92 Å². The van der Waals surface area contributed by atoms with Gasteiger partial charge in [0.25, 0.3) is 0 Å². The number of hydrogen-bond acceptors (Lipinski definition) is 7. The van der Waals surface area contributed by atoms with Gasteiger partial charge in [0.15, 0.2) is 0 Å². The van der Waals surface area contributed by atoms with E-state index in [1.54, 1.807) is 45.5 Å². The number of carbonyl (C=O) groups excluding carboxylic acids is 1. The molecule has 0 atom stereocenters. The van der Waals surface area contributed by atoms with Crippen LogP contribution in [0.15, 0.2) is 29.8 Å². The number of carbonyl (C=O) groups is 1. The minimum Gasteiger partial charge on any atom is -0.443 e. The van der Waals surface area contributed by atoms with Crippen molar-refractivity contribution in [2.75, 3.05) is 16.9 Å². The van der Waals surface area contributed by atoms with Crippen LogP contribution in [0.1, 0.15) is 36.1 Å². The Morgan fingerprint density at radius 3 is 2.83 bits per heavy atom. The highest BCUT2D eigenvalue weighted by molar-refractivity contribution is 7.98. The molecular formula is C21H25N3O2S3. The lowest BCUT2D eigenvalue weighted by Crippen LogP contribution is -2.36. The summed E-state index contributed by atoms with van der Waals surface area (Å²) < 4.78 is 6.65. The SMILES string of the molecule is CSC/C=C\c1sc2c(N(Cc3cccs3)C(=O)OC(C)(C)C)cnnc2c1C. The second kappa shape index (κ2) is 9.28. The van der Waals surface area contributed by atoms with Crippen molar-refractivity contribution < 1.29 is 9.53 Å². The van der Waals surface area contributed by atoms with Gasteiger partial charge >= 0.3 is 6.09 Å². The highest BCUT2D eigenvalue weighted by Gasteiger charge is 2.27. The number of fused-ring (bicyclic) bond motifs is 1. The number of hydrogen-bond donors (Lipinski definition) is 0. The van der Waals surface area contributed by atoms with Gasteiger partial charge in [-0.3, -0.25) is 4.90 Å².